The molecule has 32 heavy (non-hydrogen) atoms. The molecule has 2 fully saturated rings. The van der Waals surface area contributed by atoms with Gasteiger partial charge in [-0.15, -0.1) is 0 Å². The second-order valence-corrected chi connectivity index (χ2v) is 9.21. The highest BCUT2D eigenvalue weighted by atomic mass is 16.6. The van der Waals surface area contributed by atoms with Gasteiger partial charge in [0.25, 0.3) is 0 Å². The van der Waals surface area contributed by atoms with E-state index in [2.05, 4.69) is 31.0 Å². The second-order valence-electron chi connectivity index (χ2n) is 9.21. The number of nitrogens with zero attached hydrogens (tertiary/aromatic N) is 1. The Balaban J connectivity index is 1.62. The van der Waals surface area contributed by atoms with E-state index in [4.69, 9.17) is 9.47 Å². The van der Waals surface area contributed by atoms with Crippen LogP contribution in [0.15, 0.2) is 48.7 Å². The van der Waals surface area contributed by atoms with Crippen LogP contribution < -0.4 is 0 Å². The van der Waals surface area contributed by atoms with E-state index in [-0.39, 0.29) is 30.5 Å². The van der Waals surface area contributed by atoms with Crippen LogP contribution in [0.3, 0.4) is 0 Å². The van der Waals surface area contributed by atoms with Gasteiger partial charge < -0.3 is 14.6 Å². The Morgan fingerprint density at radius 2 is 2.03 bits per heavy atom. The second kappa shape index (κ2) is 9.16. The summed E-state index contributed by atoms with van der Waals surface area (Å²) >= 11 is 0. The molecule has 2 aliphatic rings. The van der Waals surface area contributed by atoms with Gasteiger partial charge in [-0.05, 0) is 54.4 Å². The summed E-state index contributed by atoms with van der Waals surface area (Å²) in [5.41, 5.74) is 2.86. The molecule has 0 amide bonds. The highest BCUT2D eigenvalue weighted by Crippen LogP contribution is 2.53. The van der Waals surface area contributed by atoms with Crippen molar-refractivity contribution in [1.29, 1.82) is 0 Å². The van der Waals surface area contributed by atoms with Crippen LogP contribution in [0.5, 0.6) is 0 Å². The molecule has 1 aliphatic heterocycles. The number of aliphatic hydroxyl groups excluding tert-OH is 1. The van der Waals surface area contributed by atoms with Gasteiger partial charge in [0.05, 0.1) is 12.3 Å². The zero-order chi connectivity index (χ0) is 22.9. The first-order chi connectivity index (χ1) is 15.4. The van der Waals surface area contributed by atoms with Gasteiger partial charge >= 0.3 is 5.97 Å². The van der Waals surface area contributed by atoms with E-state index in [1.807, 2.05) is 49.5 Å². The molecule has 2 aromatic rings. The van der Waals surface area contributed by atoms with Gasteiger partial charge in [0.15, 0.2) is 5.60 Å². The van der Waals surface area contributed by atoms with Crippen LogP contribution in [0.25, 0.3) is 17.2 Å². The Labute approximate surface area is 190 Å². The van der Waals surface area contributed by atoms with E-state index >= 15 is 0 Å². The van der Waals surface area contributed by atoms with Gasteiger partial charge in [0.2, 0.25) is 0 Å². The van der Waals surface area contributed by atoms with Crippen LogP contribution in [0.4, 0.5) is 0 Å². The number of cyclic esters (lactones) is 1. The molecule has 1 saturated heterocycles. The normalized spacial score (nSPS) is 32.2. The Morgan fingerprint density at radius 1 is 1.25 bits per heavy atom. The van der Waals surface area contributed by atoms with Gasteiger partial charge in [-0.3, -0.25) is 4.98 Å². The molecule has 1 aromatic carbocycles. The zero-order valence-electron chi connectivity index (χ0n) is 19.3. The lowest BCUT2D eigenvalue weighted by molar-refractivity contribution is -0.166. The molecule has 170 valence electrons. The number of ether oxygens (including phenoxy) is 2. The molecular weight excluding hydrogens is 402 g/mol. The number of carbonyl (C=O) groups is 1. The average molecular weight is 436 g/mol. The number of aromatic nitrogens is 1. The summed E-state index contributed by atoms with van der Waals surface area (Å²) in [4.78, 5) is 17.4. The van der Waals surface area contributed by atoms with Crippen molar-refractivity contribution in [3.05, 3.63) is 59.9 Å². The molecule has 6 atom stereocenters. The number of hydrogen-bond donors (Lipinski definition) is 1. The fraction of sp³-hybridized carbons (Fsp3) is 0.481. The first-order valence-corrected chi connectivity index (χ1v) is 11.5. The lowest BCUT2D eigenvalue weighted by Gasteiger charge is -2.47. The SMILES string of the molecule is CCC1C(C)CC2(OC)C(=O)O[C@H](C)C2C1/C=C/c1ccc(-c2ccccc2CO)cn1. The lowest BCUT2D eigenvalue weighted by atomic mass is 9.59. The van der Waals surface area contributed by atoms with Crippen LogP contribution >= 0.6 is 0 Å². The van der Waals surface area contributed by atoms with E-state index in [0.717, 1.165) is 28.8 Å². The summed E-state index contributed by atoms with van der Waals surface area (Å²) in [5, 5.41) is 9.61. The number of benzene rings is 1. The maximum atomic E-state index is 12.8. The van der Waals surface area contributed by atoms with Crippen LogP contribution in [-0.2, 0) is 20.9 Å². The van der Waals surface area contributed by atoms with Crippen LogP contribution in [-0.4, -0.2) is 34.9 Å². The number of allylic oxidation sites excluding steroid dienone is 1. The van der Waals surface area contributed by atoms with Gasteiger partial charge in [0, 0.05) is 24.8 Å². The number of aliphatic hydroxyl groups is 1. The monoisotopic (exact) mass is 435 g/mol. The lowest BCUT2D eigenvalue weighted by Crippen LogP contribution is -2.54. The summed E-state index contributed by atoms with van der Waals surface area (Å²) in [6.07, 6.45) is 7.69. The van der Waals surface area contributed by atoms with Crippen molar-refractivity contribution in [3.8, 4) is 11.1 Å². The molecule has 1 N–H and O–H groups in total. The predicted octanol–water partition coefficient (Wildman–Crippen LogP) is 4.88. The minimum Gasteiger partial charge on any atom is -0.460 e. The molecule has 0 radical (unpaired) electrons. The molecule has 4 rings (SSSR count). The van der Waals surface area contributed by atoms with E-state index in [1.54, 1.807) is 7.11 Å². The summed E-state index contributed by atoms with van der Waals surface area (Å²) < 4.78 is 11.6. The van der Waals surface area contributed by atoms with Crippen molar-refractivity contribution in [2.45, 2.75) is 51.9 Å². The van der Waals surface area contributed by atoms with E-state index in [1.165, 1.54) is 0 Å². The number of esters is 1. The topological polar surface area (TPSA) is 68.7 Å². The highest BCUT2D eigenvalue weighted by molar-refractivity contribution is 5.83. The number of hydrogen-bond acceptors (Lipinski definition) is 5. The summed E-state index contributed by atoms with van der Waals surface area (Å²) in [5.74, 6) is 0.748. The fourth-order valence-corrected chi connectivity index (χ4v) is 6.03. The highest BCUT2D eigenvalue weighted by Gasteiger charge is 2.63. The molecule has 5 nitrogen and oxygen atoms in total. The summed E-state index contributed by atoms with van der Waals surface area (Å²) in [6, 6.07) is 11.8. The number of rotatable bonds is 6. The van der Waals surface area contributed by atoms with Gasteiger partial charge in [-0.1, -0.05) is 56.7 Å². The number of fused-ring (bicyclic) bond motifs is 1. The third-order valence-electron chi connectivity index (χ3n) is 7.56. The zero-order valence-corrected chi connectivity index (χ0v) is 19.3. The van der Waals surface area contributed by atoms with Crippen LogP contribution in [0, 0.1) is 23.7 Å². The van der Waals surface area contributed by atoms with Crippen LogP contribution in [0.2, 0.25) is 0 Å². The minimum absolute atomic E-state index is 0.00227. The smallest absolute Gasteiger partial charge is 0.339 e. The number of pyridine rings is 1. The molecule has 0 spiro atoms. The minimum atomic E-state index is -0.856. The molecule has 5 unspecified atom stereocenters. The Morgan fingerprint density at radius 3 is 2.69 bits per heavy atom. The van der Waals surface area contributed by atoms with Gasteiger partial charge in [0.1, 0.15) is 6.10 Å². The first kappa shape index (κ1) is 22.7. The van der Waals surface area contributed by atoms with E-state index in [9.17, 15) is 9.90 Å². The molecular formula is C27H33NO4. The maximum Gasteiger partial charge on any atom is 0.339 e. The molecule has 5 heteroatoms. The third-order valence-corrected chi connectivity index (χ3v) is 7.56. The Bertz CT molecular complexity index is 985. The molecule has 0 bridgehead atoms. The van der Waals surface area contributed by atoms with Gasteiger partial charge in [-0.25, -0.2) is 4.79 Å². The van der Waals surface area contributed by atoms with Crippen molar-refractivity contribution >= 4 is 12.0 Å². The summed E-state index contributed by atoms with van der Waals surface area (Å²) in [7, 11) is 1.64. The van der Waals surface area contributed by atoms with E-state index in [0.29, 0.717) is 18.3 Å². The van der Waals surface area contributed by atoms with Gasteiger partial charge in [-0.2, -0.15) is 0 Å². The number of carbonyl (C=O) groups excluding carboxylic acids is 1. The quantitative estimate of drug-likeness (QED) is 0.655. The molecule has 1 aromatic heterocycles. The third kappa shape index (κ3) is 3.78. The summed E-state index contributed by atoms with van der Waals surface area (Å²) in [6.45, 7) is 6.42. The Kier molecular flexibility index (Phi) is 6.50. The average Bonchev–Trinajstić information content (AvgIpc) is 3.07. The van der Waals surface area contributed by atoms with Crippen molar-refractivity contribution < 1.29 is 19.4 Å². The van der Waals surface area contributed by atoms with Crippen molar-refractivity contribution in [1.82, 2.24) is 4.98 Å². The predicted molar refractivity (Wildman–Crippen MR) is 124 cm³/mol. The standard InChI is InChI=1S/C27H33NO4/c1-5-22-17(2)14-27(31-4)25(18(3)32-26(27)30)24(22)13-12-21-11-10-19(15-28-21)23-9-7-6-8-20(23)16-29/h6-13,15,17-18,22,24-25,29H,5,14,16H2,1-4H3/b13-12+/t17?,18-,22?,24?,25?,27?/m1/s1. The van der Waals surface area contributed by atoms with E-state index < -0.39 is 5.60 Å². The van der Waals surface area contributed by atoms with Crippen molar-refractivity contribution in [2.75, 3.05) is 7.11 Å². The number of methoxy groups -OCH3 is 1. The Hall–Kier alpha value is -2.50. The van der Waals surface area contributed by atoms with Crippen molar-refractivity contribution in [2.24, 2.45) is 23.7 Å². The first-order valence-electron chi connectivity index (χ1n) is 11.5. The molecule has 1 saturated carbocycles. The maximum absolute atomic E-state index is 12.8. The van der Waals surface area contributed by atoms with Crippen LogP contribution in [0.1, 0.15) is 44.9 Å². The largest absolute Gasteiger partial charge is 0.460 e. The van der Waals surface area contributed by atoms with Crippen molar-refractivity contribution in [3.63, 3.8) is 0 Å². The molecule has 1 aliphatic carbocycles. The fourth-order valence-electron chi connectivity index (χ4n) is 6.03. The molecule has 2 heterocycles.